The lowest BCUT2D eigenvalue weighted by atomic mass is 10.1. The van der Waals surface area contributed by atoms with Gasteiger partial charge in [0.25, 0.3) is 0 Å². The van der Waals surface area contributed by atoms with Crippen molar-refractivity contribution in [2.45, 2.75) is 26.6 Å². The Morgan fingerprint density at radius 1 is 0.966 bits per heavy atom. The third-order valence-electron chi connectivity index (χ3n) is 4.06. The molecule has 29 heavy (non-hydrogen) atoms. The molecule has 6 nitrogen and oxygen atoms in total. The van der Waals surface area contributed by atoms with Gasteiger partial charge in [0.2, 0.25) is 5.78 Å². The number of hydrogen-bond acceptors (Lipinski definition) is 7. The van der Waals surface area contributed by atoms with Crippen LogP contribution in [0.1, 0.15) is 40.3 Å². The van der Waals surface area contributed by atoms with Crippen LogP contribution in [0.3, 0.4) is 0 Å². The Morgan fingerprint density at radius 2 is 1.59 bits per heavy atom. The number of ketones is 1. The number of nitrogens with zero attached hydrogens (tertiary/aromatic N) is 1. The molecule has 0 aliphatic heterocycles. The van der Waals surface area contributed by atoms with Crippen LogP contribution in [0.2, 0.25) is 0 Å². The summed E-state index contributed by atoms with van der Waals surface area (Å²) in [5.74, 6) is 0.464. The molecule has 7 heteroatoms. The summed E-state index contributed by atoms with van der Waals surface area (Å²) in [5, 5.41) is 1.91. The first kappa shape index (κ1) is 20.5. The zero-order valence-corrected chi connectivity index (χ0v) is 17.0. The van der Waals surface area contributed by atoms with Gasteiger partial charge in [0.05, 0.1) is 23.4 Å². The van der Waals surface area contributed by atoms with Crippen molar-refractivity contribution < 1.29 is 23.8 Å². The fourth-order valence-corrected chi connectivity index (χ4v) is 3.10. The van der Waals surface area contributed by atoms with Gasteiger partial charge in [0, 0.05) is 10.9 Å². The van der Waals surface area contributed by atoms with Gasteiger partial charge in [-0.15, -0.1) is 11.3 Å². The van der Waals surface area contributed by atoms with Crippen molar-refractivity contribution in [1.29, 1.82) is 0 Å². The summed E-state index contributed by atoms with van der Waals surface area (Å²) in [6.45, 7) is 4.36. The minimum absolute atomic E-state index is 0.274. The maximum absolute atomic E-state index is 12.5. The predicted molar refractivity (Wildman–Crippen MR) is 110 cm³/mol. The van der Waals surface area contributed by atoms with E-state index in [0.29, 0.717) is 35.8 Å². The van der Waals surface area contributed by atoms with Gasteiger partial charge in [-0.1, -0.05) is 0 Å². The van der Waals surface area contributed by atoms with Crippen molar-refractivity contribution in [1.82, 2.24) is 4.98 Å². The Balaban J connectivity index is 1.55. The molecule has 0 fully saturated rings. The normalized spacial score (nSPS) is 11.5. The zero-order chi connectivity index (χ0) is 20.6. The second-order valence-corrected chi connectivity index (χ2v) is 6.88. The maximum atomic E-state index is 12.5. The summed E-state index contributed by atoms with van der Waals surface area (Å²) in [5.41, 5.74) is 3.39. The van der Waals surface area contributed by atoms with Crippen molar-refractivity contribution in [2.24, 2.45) is 0 Å². The van der Waals surface area contributed by atoms with Crippen LogP contribution in [0.5, 0.6) is 11.5 Å². The smallest absolute Gasteiger partial charge is 0.338 e. The van der Waals surface area contributed by atoms with Crippen molar-refractivity contribution in [3.63, 3.8) is 0 Å². The van der Waals surface area contributed by atoms with E-state index in [2.05, 4.69) is 4.98 Å². The van der Waals surface area contributed by atoms with Gasteiger partial charge in [0.1, 0.15) is 18.1 Å². The average molecular weight is 411 g/mol. The van der Waals surface area contributed by atoms with E-state index >= 15 is 0 Å². The highest BCUT2D eigenvalue weighted by Gasteiger charge is 2.20. The predicted octanol–water partition coefficient (Wildman–Crippen LogP) is 4.55. The average Bonchev–Trinajstić information content (AvgIpc) is 3.26. The van der Waals surface area contributed by atoms with Gasteiger partial charge >= 0.3 is 5.97 Å². The van der Waals surface area contributed by atoms with E-state index in [0.717, 1.165) is 5.69 Å². The minimum atomic E-state index is -0.902. The zero-order valence-electron chi connectivity index (χ0n) is 16.2. The number of thiazole rings is 1. The van der Waals surface area contributed by atoms with Gasteiger partial charge in [-0.3, -0.25) is 4.79 Å². The van der Waals surface area contributed by atoms with Crippen molar-refractivity contribution in [3.05, 3.63) is 76.2 Å². The second-order valence-electron chi connectivity index (χ2n) is 6.16. The lowest BCUT2D eigenvalue weighted by Gasteiger charge is -2.13. The molecule has 0 N–H and O–H groups in total. The van der Waals surface area contributed by atoms with E-state index < -0.39 is 12.1 Å². The third-order valence-corrected chi connectivity index (χ3v) is 4.70. The van der Waals surface area contributed by atoms with Gasteiger partial charge < -0.3 is 14.2 Å². The van der Waals surface area contributed by atoms with Crippen LogP contribution in [0.4, 0.5) is 0 Å². The fraction of sp³-hybridized carbons (Fsp3) is 0.227. The Bertz CT molecular complexity index is 936. The highest BCUT2D eigenvalue weighted by Crippen LogP contribution is 2.17. The first-order valence-corrected chi connectivity index (χ1v) is 10.1. The molecule has 0 saturated carbocycles. The van der Waals surface area contributed by atoms with E-state index in [4.69, 9.17) is 14.2 Å². The van der Waals surface area contributed by atoms with Gasteiger partial charge in [-0.25, -0.2) is 9.78 Å². The molecule has 0 aliphatic carbocycles. The molecule has 0 spiro atoms. The largest absolute Gasteiger partial charge is 0.494 e. The lowest BCUT2D eigenvalue weighted by Crippen LogP contribution is -2.24. The molecule has 150 valence electrons. The van der Waals surface area contributed by atoms with Crippen molar-refractivity contribution in [2.75, 3.05) is 6.61 Å². The molecule has 0 amide bonds. The Labute approximate surface area is 173 Å². The van der Waals surface area contributed by atoms with Crippen LogP contribution < -0.4 is 9.47 Å². The van der Waals surface area contributed by atoms with Crippen LogP contribution in [-0.4, -0.2) is 29.4 Å². The lowest BCUT2D eigenvalue weighted by molar-refractivity contribution is 0.0318. The quantitative estimate of drug-likeness (QED) is 0.380. The first-order valence-electron chi connectivity index (χ1n) is 9.14. The van der Waals surface area contributed by atoms with Gasteiger partial charge in [-0.05, 0) is 62.4 Å². The molecule has 2 aromatic carbocycles. The van der Waals surface area contributed by atoms with Crippen molar-refractivity contribution in [3.8, 4) is 11.5 Å². The number of carbonyl (C=O) groups is 2. The molecule has 0 radical (unpaired) electrons. The number of Topliss-reactive ketones (excluding diaryl/α,β-unsaturated/α-hetero) is 1. The molecule has 0 bridgehead atoms. The van der Waals surface area contributed by atoms with Crippen LogP contribution in [0.25, 0.3) is 0 Å². The molecule has 0 saturated heterocycles. The number of esters is 1. The Morgan fingerprint density at radius 3 is 2.17 bits per heavy atom. The van der Waals surface area contributed by atoms with Crippen LogP contribution in [0.15, 0.2) is 59.4 Å². The van der Waals surface area contributed by atoms with Gasteiger partial charge in [-0.2, -0.15) is 0 Å². The highest BCUT2D eigenvalue weighted by atomic mass is 32.1. The second kappa shape index (κ2) is 9.84. The molecule has 1 heterocycles. The number of ether oxygens (including phenoxy) is 3. The highest BCUT2D eigenvalue weighted by molar-refractivity contribution is 7.07. The fourth-order valence-electron chi connectivity index (χ4n) is 2.55. The summed E-state index contributed by atoms with van der Waals surface area (Å²) in [6, 6.07) is 13.3. The monoisotopic (exact) mass is 411 g/mol. The first-order chi connectivity index (χ1) is 14.1. The molecular formula is C22H21NO5S. The Kier molecular flexibility index (Phi) is 6.97. The minimum Gasteiger partial charge on any atom is -0.494 e. The maximum Gasteiger partial charge on any atom is 0.338 e. The van der Waals surface area contributed by atoms with E-state index in [1.165, 1.54) is 11.3 Å². The summed E-state index contributed by atoms with van der Waals surface area (Å²) in [7, 11) is 0. The number of hydrogen-bond donors (Lipinski definition) is 0. The topological polar surface area (TPSA) is 74.7 Å². The van der Waals surface area contributed by atoms with E-state index in [9.17, 15) is 9.59 Å². The number of rotatable bonds is 9. The molecular weight excluding hydrogens is 390 g/mol. The molecule has 3 aromatic rings. The molecule has 3 rings (SSSR count). The molecule has 1 aromatic heterocycles. The van der Waals surface area contributed by atoms with Crippen LogP contribution in [0, 0.1) is 0 Å². The van der Waals surface area contributed by atoms with E-state index in [1.54, 1.807) is 61.0 Å². The van der Waals surface area contributed by atoms with Crippen molar-refractivity contribution >= 4 is 23.1 Å². The van der Waals surface area contributed by atoms with E-state index in [1.807, 2.05) is 12.3 Å². The van der Waals surface area contributed by atoms with Crippen LogP contribution in [-0.2, 0) is 11.3 Å². The molecule has 1 unspecified atom stereocenters. The molecule has 0 aliphatic rings. The third kappa shape index (κ3) is 5.65. The Hall–Kier alpha value is -3.19. The molecule has 1 atom stereocenters. The number of aromatic nitrogens is 1. The van der Waals surface area contributed by atoms with Crippen LogP contribution >= 0.6 is 11.3 Å². The standard InChI is InChI=1S/C22H21NO5S/c1-3-26-19-8-4-16(5-9-19)21(24)15(2)28-22(25)17-6-10-20(11-7-17)27-12-18-13-29-14-23-18/h4-11,13-15H,3,12H2,1-2H3. The van der Waals surface area contributed by atoms with Gasteiger partial charge in [0.15, 0.2) is 6.10 Å². The number of carbonyl (C=O) groups excluding carboxylic acids is 2. The summed E-state index contributed by atoms with van der Waals surface area (Å²) < 4.78 is 16.3. The summed E-state index contributed by atoms with van der Waals surface area (Å²) >= 11 is 1.50. The van der Waals surface area contributed by atoms with E-state index in [-0.39, 0.29) is 5.78 Å². The SMILES string of the molecule is CCOc1ccc(C(=O)C(C)OC(=O)c2ccc(OCc3cscn3)cc2)cc1. The summed E-state index contributed by atoms with van der Waals surface area (Å²) in [6.07, 6.45) is -0.902. The summed E-state index contributed by atoms with van der Waals surface area (Å²) in [4.78, 5) is 29.0. The number of benzene rings is 2.